The molecule has 2 aliphatic heterocycles. The maximum absolute atomic E-state index is 12.4. The minimum absolute atomic E-state index is 0.161. The van der Waals surface area contributed by atoms with E-state index in [1.54, 1.807) is 6.20 Å². The molecule has 2 saturated heterocycles. The molecule has 1 N–H and O–H groups in total. The number of amides is 1. The van der Waals surface area contributed by atoms with Crippen molar-refractivity contribution in [3.05, 3.63) is 59.9 Å². The second-order valence-corrected chi connectivity index (χ2v) is 6.66. The van der Waals surface area contributed by atoms with Crippen molar-refractivity contribution < 1.29 is 14.3 Å². The summed E-state index contributed by atoms with van der Waals surface area (Å²) in [5.41, 5.74) is 2.51. The lowest BCUT2D eigenvalue weighted by atomic mass is 10.0. The average Bonchev–Trinajstić information content (AvgIpc) is 3.15. The first kappa shape index (κ1) is 17.0. The van der Waals surface area contributed by atoms with Gasteiger partial charge in [0.15, 0.2) is 5.79 Å². The molecule has 0 aliphatic carbocycles. The van der Waals surface area contributed by atoms with Crippen molar-refractivity contribution >= 4 is 11.6 Å². The Labute approximate surface area is 153 Å². The van der Waals surface area contributed by atoms with Crippen molar-refractivity contribution in [2.45, 2.75) is 25.2 Å². The highest BCUT2D eigenvalue weighted by Crippen LogP contribution is 2.33. The van der Waals surface area contributed by atoms with Crippen molar-refractivity contribution in [2.24, 2.45) is 0 Å². The quantitative estimate of drug-likeness (QED) is 0.914. The average molecular weight is 353 g/mol. The van der Waals surface area contributed by atoms with Crippen LogP contribution in [0.25, 0.3) is 0 Å². The number of nitrogens with one attached hydrogen (secondary N) is 1. The van der Waals surface area contributed by atoms with Gasteiger partial charge in [0.1, 0.15) is 5.69 Å². The number of benzene rings is 1. The second kappa shape index (κ2) is 7.43. The van der Waals surface area contributed by atoms with Crippen LogP contribution in [0.5, 0.6) is 0 Å². The topological polar surface area (TPSA) is 63.7 Å². The van der Waals surface area contributed by atoms with Crippen molar-refractivity contribution in [1.82, 2.24) is 10.3 Å². The molecule has 0 unspecified atom stereocenters. The number of pyridine rings is 1. The number of carbonyl (C=O) groups excluding carboxylic acids is 1. The molecule has 0 saturated carbocycles. The van der Waals surface area contributed by atoms with Gasteiger partial charge in [0, 0.05) is 44.4 Å². The fourth-order valence-electron chi connectivity index (χ4n) is 3.50. The summed E-state index contributed by atoms with van der Waals surface area (Å²) in [7, 11) is 0. The summed E-state index contributed by atoms with van der Waals surface area (Å²) in [6, 6.07) is 13.7. The van der Waals surface area contributed by atoms with E-state index in [1.165, 1.54) is 0 Å². The third kappa shape index (κ3) is 3.71. The van der Waals surface area contributed by atoms with Crippen molar-refractivity contribution in [3.63, 3.8) is 0 Å². The third-order valence-corrected chi connectivity index (χ3v) is 4.98. The van der Waals surface area contributed by atoms with Gasteiger partial charge < -0.3 is 19.7 Å². The van der Waals surface area contributed by atoms with Gasteiger partial charge in [-0.2, -0.15) is 0 Å². The van der Waals surface area contributed by atoms with Gasteiger partial charge in [0.2, 0.25) is 0 Å². The van der Waals surface area contributed by atoms with Gasteiger partial charge in [0.25, 0.3) is 5.91 Å². The lowest BCUT2D eigenvalue weighted by Gasteiger charge is -2.38. The summed E-state index contributed by atoms with van der Waals surface area (Å²) in [5.74, 6) is -0.550. The number of aromatic nitrogens is 1. The van der Waals surface area contributed by atoms with Crippen LogP contribution >= 0.6 is 0 Å². The number of piperidine rings is 1. The molecule has 1 aromatic carbocycles. The minimum atomic E-state index is -0.389. The standard InChI is InChI=1S/C20H23N3O3/c24-19(22-15-16-4-2-1-3-5-16)18-14-17(6-9-21-18)23-10-7-20(8-11-23)25-12-13-26-20/h1-6,9,14H,7-8,10-13,15H2,(H,22,24). The van der Waals surface area contributed by atoms with E-state index in [1.807, 2.05) is 42.5 Å². The largest absolute Gasteiger partial charge is 0.371 e. The minimum Gasteiger partial charge on any atom is -0.371 e. The van der Waals surface area contributed by atoms with Crippen LogP contribution < -0.4 is 10.2 Å². The van der Waals surface area contributed by atoms with Crippen LogP contribution in [-0.2, 0) is 16.0 Å². The summed E-state index contributed by atoms with van der Waals surface area (Å²) in [6.45, 7) is 3.54. The van der Waals surface area contributed by atoms with Crippen LogP contribution in [0.1, 0.15) is 28.9 Å². The lowest BCUT2D eigenvalue weighted by Crippen LogP contribution is -2.45. The fraction of sp³-hybridized carbons (Fsp3) is 0.400. The number of nitrogens with zero attached hydrogens (tertiary/aromatic N) is 2. The monoisotopic (exact) mass is 353 g/mol. The zero-order valence-electron chi connectivity index (χ0n) is 14.7. The maximum atomic E-state index is 12.4. The Morgan fingerprint density at radius 1 is 1.12 bits per heavy atom. The molecule has 0 bridgehead atoms. The van der Waals surface area contributed by atoms with Gasteiger partial charge in [-0.05, 0) is 17.7 Å². The van der Waals surface area contributed by atoms with Gasteiger partial charge >= 0.3 is 0 Å². The SMILES string of the molecule is O=C(NCc1ccccc1)c1cc(N2CCC3(CC2)OCCO3)ccn1. The molecule has 2 aromatic rings. The van der Waals surface area contributed by atoms with Gasteiger partial charge in [-0.1, -0.05) is 30.3 Å². The van der Waals surface area contributed by atoms with Crippen LogP contribution in [0.4, 0.5) is 5.69 Å². The summed E-state index contributed by atoms with van der Waals surface area (Å²) < 4.78 is 11.6. The molecule has 2 fully saturated rings. The van der Waals surface area contributed by atoms with E-state index < -0.39 is 0 Å². The molecule has 136 valence electrons. The van der Waals surface area contributed by atoms with Crippen LogP contribution in [0.15, 0.2) is 48.7 Å². The van der Waals surface area contributed by atoms with Gasteiger partial charge in [-0.15, -0.1) is 0 Å². The third-order valence-electron chi connectivity index (χ3n) is 4.98. The van der Waals surface area contributed by atoms with Gasteiger partial charge in [-0.25, -0.2) is 0 Å². The Morgan fingerprint density at radius 2 is 1.85 bits per heavy atom. The summed E-state index contributed by atoms with van der Waals surface area (Å²) in [6.07, 6.45) is 3.37. The molecule has 0 radical (unpaired) electrons. The summed E-state index contributed by atoms with van der Waals surface area (Å²) in [4.78, 5) is 18.9. The molecular weight excluding hydrogens is 330 g/mol. The van der Waals surface area contributed by atoms with Crippen molar-refractivity contribution in [3.8, 4) is 0 Å². The lowest BCUT2D eigenvalue weighted by molar-refractivity contribution is -0.169. The molecule has 6 nitrogen and oxygen atoms in total. The van der Waals surface area contributed by atoms with E-state index in [0.717, 1.165) is 37.2 Å². The Balaban J connectivity index is 1.38. The number of anilines is 1. The van der Waals surface area contributed by atoms with Crippen LogP contribution in [0.2, 0.25) is 0 Å². The highest BCUT2D eigenvalue weighted by Gasteiger charge is 2.39. The maximum Gasteiger partial charge on any atom is 0.270 e. The van der Waals surface area contributed by atoms with E-state index in [2.05, 4.69) is 15.2 Å². The molecule has 2 aliphatic rings. The first-order chi connectivity index (χ1) is 12.7. The molecule has 4 rings (SSSR count). The predicted octanol–water partition coefficient (Wildman–Crippen LogP) is 2.35. The van der Waals surface area contributed by atoms with E-state index in [0.29, 0.717) is 25.5 Å². The fourth-order valence-corrected chi connectivity index (χ4v) is 3.50. The Hall–Kier alpha value is -2.44. The Kier molecular flexibility index (Phi) is 4.86. The molecule has 0 atom stereocenters. The van der Waals surface area contributed by atoms with Gasteiger partial charge in [-0.3, -0.25) is 9.78 Å². The van der Waals surface area contributed by atoms with Crippen LogP contribution in [0, 0.1) is 0 Å². The normalized spacial score (nSPS) is 18.8. The Bertz CT molecular complexity index is 750. The van der Waals surface area contributed by atoms with Crippen molar-refractivity contribution in [2.75, 3.05) is 31.2 Å². The molecule has 1 aromatic heterocycles. The zero-order chi connectivity index (χ0) is 17.8. The number of ether oxygens (including phenoxy) is 2. The van der Waals surface area contributed by atoms with E-state index in [4.69, 9.17) is 9.47 Å². The first-order valence-corrected chi connectivity index (χ1v) is 9.05. The van der Waals surface area contributed by atoms with Gasteiger partial charge in [0.05, 0.1) is 13.2 Å². The highest BCUT2D eigenvalue weighted by molar-refractivity contribution is 5.93. The summed E-state index contributed by atoms with van der Waals surface area (Å²) >= 11 is 0. The van der Waals surface area contributed by atoms with E-state index >= 15 is 0 Å². The number of carbonyl (C=O) groups is 1. The van der Waals surface area contributed by atoms with Crippen molar-refractivity contribution in [1.29, 1.82) is 0 Å². The first-order valence-electron chi connectivity index (χ1n) is 9.05. The van der Waals surface area contributed by atoms with E-state index in [9.17, 15) is 4.79 Å². The molecule has 3 heterocycles. The summed E-state index contributed by atoms with van der Waals surface area (Å²) in [5, 5.41) is 2.93. The number of hydrogen-bond acceptors (Lipinski definition) is 5. The zero-order valence-corrected chi connectivity index (χ0v) is 14.7. The molecule has 1 amide bonds. The smallest absolute Gasteiger partial charge is 0.270 e. The second-order valence-electron chi connectivity index (χ2n) is 6.66. The number of rotatable bonds is 4. The van der Waals surface area contributed by atoms with Crippen LogP contribution in [-0.4, -0.2) is 43.0 Å². The number of hydrogen-bond donors (Lipinski definition) is 1. The highest BCUT2D eigenvalue weighted by atomic mass is 16.7. The predicted molar refractivity (Wildman–Crippen MR) is 97.9 cm³/mol. The van der Waals surface area contributed by atoms with E-state index in [-0.39, 0.29) is 11.7 Å². The molecule has 1 spiro atoms. The molecule has 26 heavy (non-hydrogen) atoms. The molecular formula is C20H23N3O3. The molecule has 6 heteroatoms. The Morgan fingerprint density at radius 3 is 2.58 bits per heavy atom. The van der Waals surface area contributed by atoms with Crippen LogP contribution in [0.3, 0.4) is 0 Å².